The van der Waals surface area contributed by atoms with Gasteiger partial charge in [0, 0.05) is 19.3 Å². The van der Waals surface area contributed by atoms with Crippen LogP contribution in [0.1, 0.15) is 29.6 Å². The van der Waals surface area contributed by atoms with Crippen LogP contribution in [0.5, 0.6) is 0 Å². The smallest absolute Gasteiger partial charge is 0.360 e. The number of hydrogen-bond acceptors (Lipinski definition) is 5. The molecule has 1 saturated heterocycles. The summed E-state index contributed by atoms with van der Waals surface area (Å²) in [5, 5.41) is 0. The molecular weight excluding hydrogens is 206 g/mol. The number of nitrogens with two attached hydrogens (primary N) is 1. The number of rotatable bonds is 2. The van der Waals surface area contributed by atoms with E-state index in [4.69, 9.17) is 5.90 Å². The van der Waals surface area contributed by atoms with Gasteiger partial charge >= 0.3 is 5.97 Å². The van der Waals surface area contributed by atoms with Crippen LogP contribution in [0.2, 0.25) is 0 Å². The van der Waals surface area contributed by atoms with Gasteiger partial charge in [0.25, 0.3) is 0 Å². The van der Waals surface area contributed by atoms with E-state index in [2.05, 4.69) is 14.7 Å². The average Bonchev–Trinajstić information content (AvgIpc) is 2.39. The zero-order valence-electron chi connectivity index (χ0n) is 9.06. The van der Waals surface area contributed by atoms with Gasteiger partial charge in [-0.3, -0.25) is 0 Å². The highest BCUT2D eigenvalue weighted by atomic mass is 16.7. The maximum absolute atomic E-state index is 11.5. The first-order chi connectivity index (χ1) is 7.83. The van der Waals surface area contributed by atoms with Crippen LogP contribution in [-0.4, -0.2) is 24.0 Å². The van der Waals surface area contributed by atoms with E-state index >= 15 is 0 Å². The van der Waals surface area contributed by atoms with Gasteiger partial charge in [-0.2, -0.15) is 5.90 Å². The van der Waals surface area contributed by atoms with Crippen LogP contribution in [0.25, 0.3) is 0 Å². The zero-order valence-corrected chi connectivity index (χ0v) is 9.06. The number of hydrogen-bond donors (Lipinski definition) is 1. The van der Waals surface area contributed by atoms with Gasteiger partial charge in [-0.05, 0) is 31.4 Å². The maximum Gasteiger partial charge on any atom is 0.360 e. The standard InChI is InChI=1S/C11H15N3O2/c12-16-11(15)9-5-4-6-13-10(9)14-7-2-1-3-8-14/h4-6H,1-3,7-8,12H2. The molecule has 0 atom stereocenters. The van der Waals surface area contributed by atoms with Crippen molar-refractivity contribution in [1.82, 2.24) is 4.98 Å². The van der Waals surface area contributed by atoms with E-state index in [0.29, 0.717) is 11.4 Å². The van der Waals surface area contributed by atoms with Crippen molar-refractivity contribution in [3.05, 3.63) is 23.9 Å². The summed E-state index contributed by atoms with van der Waals surface area (Å²) in [5.74, 6) is 5.05. The minimum atomic E-state index is -0.534. The highest BCUT2D eigenvalue weighted by molar-refractivity contribution is 5.94. The fourth-order valence-corrected chi connectivity index (χ4v) is 1.98. The van der Waals surface area contributed by atoms with E-state index in [1.807, 2.05) is 0 Å². The lowest BCUT2D eigenvalue weighted by molar-refractivity contribution is 0.0503. The lowest BCUT2D eigenvalue weighted by atomic mass is 10.1. The van der Waals surface area contributed by atoms with Crippen LogP contribution in [-0.2, 0) is 4.84 Å². The van der Waals surface area contributed by atoms with Gasteiger partial charge in [0.05, 0.1) is 0 Å². The van der Waals surface area contributed by atoms with Crippen LogP contribution in [0.4, 0.5) is 5.82 Å². The molecule has 0 spiro atoms. The second-order valence-corrected chi connectivity index (χ2v) is 3.83. The lowest BCUT2D eigenvalue weighted by Crippen LogP contribution is -2.32. The number of pyridine rings is 1. The van der Waals surface area contributed by atoms with Crippen molar-refractivity contribution in [2.45, 2.75) is 19.3 Å². The summed E-state index contributed by atoms with van der Waals surface area (Å²) in [4.78, 5) is 22.1. The van der Waals surface area contributed by atoms with Gasteiger partial charge in [0.1, 0.15) is 11.4 Å². The Balaban J connectivity index is 2.28. The fraction of sp³-hybridized carbons (Fsp3) is 0.455. The molecule has 1 aromatic heterocycles. The summed E-state index contributed by atoms with van der Waals surface area (Å²) in [5.41, 5.74) is 0.437. The van der Waals surface area contributed by atoms with Crippen molar-refractivity contribution in [1.29, 1.82) is 0 Å². The van der Waals surface area contributed by atoms with Crippen LogP contribution < -0.4 is 10.8 Å². The first-order valence-electron chi connectivity index (χ1n) is 5.44. The number of aromatic nitrogens is 1. The topological polar surface area (TPSA) is 68.5 Å². The normalized spacial score (nSPS) is 15.9. The van der Waals surface area contributed by atoms with Gasteiger partial charge < -0.3 is 9.74 Å². The Morgan fingerprint density at radius 1 is 1.38 bits per heavy atom. The number of anilines is 1. The Morgan fingerprint density at radius 3 is 2.81 bits per heavy atom. The van der Waals surface area contributed by atoms with Crippen LogP contribution >= 0.6 is 0 Å². The molecular formula is C11H15N3O2. The number of carbonyl (C=O) groups excluding carboxylic acids is 1. The highest BCUT2D eigenvalue weighted by Crippen LogP contribution is 2.21. The second-order valence-electron chi connectivity index (χ2n) is 3.83. The molecule has 5 heteroatoms. The molecule has 1 fully saturated rings. The summed E-state index contributed by atoms with van der Waals surface area (Å²) in [6.07, 6.45) is 5.18. The first kappa shape index (κ1) is 10.9. The fourth-order valence-electron chi connectivity index (χ4n) is 1.98. The second kappa shape index (κ2) is 4.94. The summed E-state index contributed by atoms with van der Waals surface area (Å²) < 4.78 is 0. The molecule has 0 unspecified atom stereocenters. The Hall–Kier alpha value is -1.62. The minimum absolute atomic E-state index is 0.437. The monoisotopic (exact) mass is 221 g/mol. The third-order valence-electron chi connectivity index (χ3n) is 2.77. The number of carbonyl (C=O) groups is 1. The predicted molar refractivity (Wildman–Crippen MR) is 59.9 cm³/mol. The number of nitrogens with zero attached hydrogens (tertiary/aromatic N) is 2. The van der Waals surface area contributed by atoms with Crippen molar-refractivity contribution >= 4 is 11.8 Å². The molecule has 0 saturated carbocycles. The predicted octanol–water partition coefficient (Wildman–Crippen LogP) is 1.10. The van der Waals surface area contributed by atoms with E-state index in [9.17, 15) is 4.79 Å². The molecule has 2 rings (SSSR count). The maximum atomic E-state index is 11.5. The van der Waals surface area contributed by atoms with Crippen molar-refractivity contribution in [3.8, 4) is 0 Å². The summed E-state index contributed by atoms with van der Waals surface area (Å²) >= 11 is 0. The van der Waals surface area contributed by atoms with Crippen LogP contribution in [0.15, 0.2) is 18.3 Å². The van der Waals surface area contributed by atoms with Crippen molar-refractivity contribution in [3.63, 3.8) is 0 Å². The van der Waals surface area contributed by atoms with Gasteiger partial charge in [-0.15, -0.1) is 0 Å². The molecule has 1 aromatic rings. The van der Waals surface area contributed by atoms with Crippen molar-refractivity contribution in [2.75, 3.05) is 18.0 Å². The van der Waals surface area contributed by atoms with E-state index in [0.717, 1.165) is 25.9 Å². The molecule has 86 valence electrons. The largest absolute Gasteiger partial charge is 0.370 e. The molecule has 1 aliphatic heterocycles. The average molecular weight is 221 g/mol. The van der Waals surface area contributed by atoms with Gasteiger partial charge in [-0.1, -0.05) is 0 Å². The van der Waals surface area contributed by atoms with E-state index < -0.39 is 5.97 Å². The quantitative estimate of drug-likeness (QED) is 0.757. The molecule has 2 N–H and O–H groups in total. The number of piperidine rings is 1. The summed E-state index contributed by atoms with van der Waals surface area (Å²) in [7, 11) is 0. The SMILES string of the molecule is NOC(=O)c1cccnc1N1CCCCC1. The third-order valence-corrected chi connectivity index (χ3v) is 2.77. The van der Waals surface area contributed by atoms with E-state index in [1.54, 1.807) is 18.3 Å². The Labute approximate surface area is 94.2 Å². The van der Waals surface area contributed by atoms with Crippen molar-refractivity contribution in [2.24, 2.45) is 5.90 Å². The first-order valence-corrected chi connectivity index (χ1v) is 5.44. The molecule has 0 aliphatic carbocycles. The Bertz CT molecular complexity index is 375. The van der Waals surface area contributed by atoms with Crippen LogP contribution in [0, 0.1) is 0 Å². The van der Waals surface area contributed by atoms with Gasteiger partial charge in [0.2, 0.25) is 0 Å². The molecule has 0 radical (unpaired) electrons. The molecule has 16 heavy (non-hydrogen) atoms. The van der Waals surface area contributed by atoms with Crippen molar-refractivity contribution < 1.29 is 9.63 Å². The molecule has 0 amide bonds. The van der Waals surface area contributed by atoms with E-state index in [-0.39, 0.29) is 0 Å². The van der Waals surface area contributed by atoms with Crippen LogP contribution in [0.3, 0.4) is 0 Å². The molecule has 0 aromatic carbocycles. The Kier molecular flexibility index (Phi) is 3.36. The zero-order chi connectivity index (χ0) is 11.4. The van der Waals surface area contributed by atoms with Gasteiger partial charge in [0.15, 0.2) is 0 Å². The highest BCUT2D eigenvalue weighted by Gasteiger charge is 2.19. The lowest BCUT2D eigenvalue weighted by Gasteiger charge is -2.28. The summed E-state index contributed by atoms with van der Waals surface area (Å²) in [6.45, 7) is 1.86. The molecule has 1 aliphatic rings. The molecule has 5 nitrogen and oxygen atoms in total. The minimum Gasteiger partial charge on any atom is -0.370 e. The molecule has 2 heterocycles. The van der Waals surface area contributed by atoms with Gasteiger partial charge in [-0.25, -0.2) is 9.78 Å². The summed E-state index contributed by atoms with van der Waals surface area (Å²) in [6, 6.07) is 3.39. The Morgan fingerprint density at radius 2 is 2.12 bits per heavy atom. The molecule has 0 bridgehead atoms. The third kappa shape index (κ3) is 2.14. The van der Waals surface area contributed by atoms with E-state index in [1.165, 1.54) is 6.42 Å².